The van der Waals surface area contributed by atoms with Gasteiger partial charge in [0.15, 0.2) is 0 Å². The number of benzene rings is 1. The first-order valence-electron chi connectivity index (χ1n) is 6.80. The van der Waals surface area contributed by atoms with Gasteiger partial charge in [-0.3, -0.25) is 9.62 Å². The van der Waals surface area contributed by atoms with Crippen LogP contribution in [0.1, 0.15) is 13.8 Å². The van der Waals surface area contributed by atoms with Crippen LogP contribution in [0.3, 0.4) is 0 Å². The van der Waals surface area contributed by atoms with Crippen LogP contribution < -0.4 is 19.7 Å². The van der Waals surface area contributed by atoms with Gasteiger partial charge in [0.25, 0.3) is 10.2 Å². The normalized spacial score (nSPS) is 15.4. The van der Waals surface area contributed by atoms with Crippen LogP contribution in [-0.4, -0.2) is 34.1 Å². The minimum absolute atomic E-state index is 0.137. The molecule has 7 nitrogen and oxygen atoms in total. The predicted octanol–water partition coefficient (Wildman–Crippen LogP) is 1.12. The molecule has 0 unspecified atom stereocenters. The van der Waals surface area contributed by atoms with Crippen LogP contribution in [0.4, 0.5) is 16.2 Å². The number of amides is 2. The molecule has 3 N–H and O–H groups in total. The average Bonchev–Trinajstić information content (AvgIpc) is 2.83. The maximum absolute atomic E-state index is 11.8. The number of carbonyl (C=O) groups excluding carboxylic acids is 1. The van der Waals surface area contributed by atoms with Gasteiger partial charge >= 0.3 is 6.03 Å². The Bertz CT molecular complexity index is 598. The van der Waals surface area contributed by atoms with Gasteiger partial charge in [-0.2, -0.15) is 13.1 Å². The summed E-state index contributed by atoms with van der Waals surface area (Å²) in [5, 5.41) is 2.71. The van der Waals surface area contributed by atoms with E-state index in [0.29, 0.717) is 25.3 Å². The third-order valence-electron chi connectivity index (χ3n) is 2.97. The van der Waals surface area contributed by atoms with E-state index >= 15 is 0 Å². The SMILES string of the molecule is CC(C)CNS(=O)(=O)Nc1ccc(N2CCNC2=O)cc1. The van der Waals surface area contributed by atoms with E-state index in [4.69, 9.17) is 0 Å². The van der Waals surface area contributed by atoms with Crippen LogP contribution >= 0.6 is 0 Å². The van der Waals surface area contributed by atoms with Gasteiger partial charge in [0.2, 0.25) is 0 Å². The highest BCUT2D eigenvalue weighted by atomic mass is 32.2. The fraction of sp³-hybridized carbons (Fsp3) is 0.462. The fourth-order valence-corrected chi connectivity index (χ4v) is 2.97. The van der Waals surface area contributed by atoms with Gasteiger partial charge in [0, 0.05) is 31.0 Å². The van der Waals surface area contributed by atoms with Crippen molar-refractivity contribution in [2.45, 2.75) is 13.8 Å². The van der Waals surface area contributed by atoms with Crippen LogP contribution in [0.2, 0.25) is 0 Å². The van der Waals surface area contributed by atoms with Gasteiger partial charge in [-0.15, -0.1) is 0 Å². The Morgan fingerprint density at radius 3 is 2.48 bits per heavy atom. The van der Waals surface area contributed by atoms with Crippen LogP contribution in [0, 0.1) is 5.92 Å². The van der Waals surface area contributed by atoms with E-state index in [2.05, 4.69) is 14.8 Å². The lowest BCUT2D eigenvalue weighted by Gasteiger charge is -2.15. The molecule has 0 atom stereocenters. The van der Waals surface area contributed by atoms with Gasteiger partial charge in [0.1, 0.15) is 0 Å². The Morgan fingerprint density at radius 1 is 1.29 bits per heavy atom. The third kappa shape index (κ3) is 4.33. The van der Waals surface area contributed by atoms with Crippen molar-refractivity contribution >= 4 is 27.6 Å². The molecule has 0 saturated carbocycles. The second-order valence-electron chi connectivity index (χ2n) is 5.28. The van der Waals surface area contributed by atoms with Gasteiger partial charge in [0.05, 0.1) is 0 Å². The fourth-order valence-electron chi connectivity index (χ4n) is 1.89. The number of anilines is 2. The lowest BCUT2D eigenvalue weighted by Crippen LogP contribution is -2.32. The Hall–Kier alpha value is -1.80. The van der Waals surface area contributed by atoms with Crippen molar-refractivity contribution in [3.63, 3.8) is 0 Å². The number of nitrogens with zero attached hydrogens (tertiary/aromatic N) is 1. The van der Waals surface area contributed by atoms with E-state index in [-0.39, 0.29) is 11.9 Å². The van der Waals surface area contributed by atoms with Crippen molar-refractivity contribution in [3.8, 4) is 0 Å². The van der Waals surface area contributed by atoms with Crippen molar-refractivity contribution in [1.82, 2.24) is 10.0 Å². The molecule has 0 spiro atoms. The highest BCUT2D eigenvalue weighted by Crippen LogP contribution is 2.19. The lowest BCUT2D eigenvalue weighted by molar-refractivity contribution is 0.252. The number of rotatable bonds is 6. The topological polar surface area (TPSA) is 90.5 Å². The molecule has 1 heterocycles. The number of carbonyl (C=O) groups is 1. The minimum Gasteiger partial charge on any atom is -0.336 e. The summed E-state index contributed by atoms with van der Waals surface area (Å²) in [5.41, 5.74) is 1.19. The highest BCUT2D eigenvalue weighted by molar-refractivity contribution is 7.90. The summed E-state index contributed by atoms with van der Waals surface area (Å²) < 4.78 is 28.5. The summed E-state index contributed by atoms with van der Waals surface area (Å²) in [6.07, 6.45) is 0. The lowest BCUT2D eigenvalue weighted by atomic mass is 10.2. The molecule has 1 aliphatic heterocycles. The molecule has 0 bridgehead atoms. The van der Waals surface area contributed by atoms with E-state index in [1.807, 2.05) is 13.8 Å². The molecule has 0 aromatic heterocycles. The van der Waals surface area contributed by atoms with Crippen molar-refractivity contribution in [2.75, 3.05) is 29.3 Å². The largest absolute Gasteiger partial charge is 0.336 e. The van der Waals surface area contributed by atoms with Crippen molar-refractivity contribution in [1.29, 1.82) is 0 Å². The zero-order valence-electron chi connectivity index (χ0n) is 12.1. The molecule has 1 aromatic carbocycles. The summed E-state index contributed by atoms with van der Waals surface area (Å²) in [5.74, 6) is 0.234. The van der Waals surface area contributed by atoms with E-state index < -0.39 is 10.2 Å². The summed E-state index contributed by atoms with van der Waals surface area (Å²) in [7, 11) is -3.57. The van der Waals surface area contributed by atoms with E-state index in [0.717, 1.165) is 5.69 Å². The number of hydrogen-bond donors (Lipinski definition) is 3. The molecule has 2 amide bonds. The summed E-state index contributed by atoms with van der Waals surface area (Å²) in [6.45, 7) is 5.46. The number of hydrogen-bond acceptors (Lipinski definition) is 3. The Labute approximate surface area is 124 Å². The summed E-state index contributed by atoms with van der Waals surface area (Å²) in [6, 6.07) is 6.56. The van der Waals surface area contributed by atoms with Gasteiger partial charge < -0.3 is 5.32 Å². The maximum Gasteiger partial charge on any atom is 0.321 e. The molecule has 1 fully saturated rings. The third-order valence-corrected chi connectivity index (χ3v) is 4.02. The molecule has 8 heteroatoms. The quantitative estimate of drug-likeness (QED) is 0.735. The number of nitrogens with one attached hydrogen (secondary N) is 3. The second kappa shape index (κ2) is 6.31. The molecular weight excluding hydrogens is 292 g/mol. The summed E-state index contributed by atoms with van der Waals surface area (Å²) >= 11 is 0. The Kier molecular flexibility index (Phi) is 4.69. The standard InChI is InChI=1S/C13H20N4O3S/c1-10(2)9-15-21(19,20)16-11-3-5-12(6-4-11)17-8-7-14-13(17)18/h3-6,10,15-16H,7-9H2,1-2H3,(H,14,18). The van der Waals surface area contributed by atoms with Crippen LogP contribution in [0.15, 0.2) is 24.3 Å². The molecular formula is C13H20N4O3S. The monoisotopic (exact) mass is 312 g/mol. The van der Waals surface area contributed by atoms with Crippen LogP contribution in [0.25, 0.3) is 0 Å². The van der Waals surface area contributed by atoms with Crippen molar-refractivity contribution < 1.29 is 13.2 Å². The van der Waals surface area contributed by atoms with Crippen molar-refractivity contribution in [2.24, 2.45) is 5.92 Å². The van der Waals surface area contributed by atoms with E-state index in [1.54, 1.807) is 29.2 Å². The minimum atomic E-state index is -3.57. The maximum atomic E-state index is 11.8. The van der Waals surface area contributed by atoms with E-state index in [9.17, 15) is 13.2 Å². The van der Waals surface area contributed by atoms with E-state index in [1.165, 1.54) is 0 Å². The molecule has 21 heavy (non-hydrogen) atoms. The summed E-state index contributed by atoms with van der Waals surface area (Å²) in [4.78, 5) is 13.1. The zero-order chi connectivity index (χ0) is 15.5. The van der Waals surface area contributed by atoms with Gasteiger partial charge in [-0.25, -0.2) is 4.79 Å². The molecule has 116 valence electrons. The first kappa shape index (κ1) is 15.6. The molecule has 1 saturated heterocycles. The highest BCUT2D eigenvalue weighted by Gasteiger charge is 2.21. The first-order valence-corrected chi connectivity index (χ1v) is 8.28. The molecule has 1 aliphatic rings. The van der Waals surface area contributed by atoms with Crippen LogP contribution in [0.5, 0.6) is 0 Å². The van der Waals surface area contributed by atoms with Gasteiger partial charge in [-0.1, -0.05) is 13.8 Å². The molecule has 2 rings (SSSR count). The molecule has 1 aromatic rings. The zero-order valence-corrected chi connectivity index (χ0v) is 12.9. The Balaban J connectivity index is 2.00. The predicted molar refractivity (Wildman–Crippen MR) is 82.6 cm³/mol. The number of urea groups is 1. The first-order chi connectivity index (χ1) is 9.87. The smallest absolute Gasteiger partial charge is 0.321 e. The molecule has 0 radical (unpaired) electrons. The van der Waals surface area contributed by atoms with Crippen molar-refractivity contribution in [3.05, 3.63) is 24.3 Å². The van der Waals surface area contributed by atoms with Gasteiger partial charge in [-0.05, 0) is 30.2 Å². The average molecular weight is 312 g/mol. The second-order valence-corrected chi connectivity index (χ2v) is 6.78. The molecule has 0 aliphatic carbocycles. The van der Waals surface area contributed by atoms with Crippen LogP contribution in [-0.2, 0) is 10.2 Å². The Morgan fingerprint density at radius 2 is 1.95 bits per heavy atom.